The molecule has 1 aromatic heterocycles. The van der Waals surface area contributed by atoms with Gasteiger partial charge >= 0.3 is 0 Å². The minimum atomic E-state index is -0.462. The van der Waals surface area contributed by atoms with Gasteiger partial charge in [-0.25, -0.2) is 0 Å². The summed E-state index contributed by atoms with van der Waals surface area (Å²) in [6.45, 7) is 9.67. The third-order valence-electron chi connectivity index (χ3n) is 2.79. The number of rotatable bonds is 4. The summed E-state index contributed by atoms with van der Waals surface area (Å²) in [6.07, 6.45) is -0.462. The monoisotopic (exact) mass is 239 g/mol. The van der Waals surface area contributed by atoms with Crippen LogP contribution in [0.1, 0.15) is 38.2 Å². The Morgan fingerprint density at radius 1 is 1.35 bits per heavy atom. The van der Waals surface area contributed by atoms with Crippen molar-refractivity contribution in [3.63, 3.8) is 0 Å². The van der Waals surface area contributed by atoms with Gasteiger partial charge in [0, 0.05) is 13.2 Å². The maximum Gasteiger partial charge on any atom is 0.253 e. The molecule has 0 bridgehead atoms. The average molecular weight is 239 g/mol. The maximum atomic E-state index is 11.8. The van der Waals surface area contributed by atoms with Crippen molar-refractivity contribution in [2.45, 2.75) is 46.8 Å². The Bertz CT molecular complexity index is 410. The fourth-order valence-electron chi connectivity index (χ4n) is 1.68. The Hall–Kier alpha value is -1.36. The second-order valence-electron chi connectivity index (χ2n) is 4.45. The molecule has 1 rings (SSSR count). The lowest BCUT2D eigenvalue weighted by molar-refractivity contribution is -0.124. The molecule has 0 spiro atoms. The number of hydrogen-bond donors (Lipinski definition) is 1. The molecule has 1 amide bonds. The Kier molecular flexibility index (Phi) is 4.28. The number of nitrogens with zero attached hydrogens (tertiary/aromatic N) is 2. The lowest BCUT2D eigenvalue weighted by atomic mass is 10.2. The first kappa shape index (κ1) is 13.7. The first-order valence-corrected chi connectivity index (χ1v) is 5.77. The van der Waals surface area contributed by atoms with E-state index in [4.69, 9.17) is 4.74 Å². The SMILES string of the molecule is COC(C)C(=O)Nc1c(C)nn(C(C)C)c1C. The van der Waals surface area contributed by atoms with E-state index in [1.165, 1.54) is 7.11 Å². The van der Waals surface area contributed by atoms with E-state index in [0.29, 0.717) is 0 Å². The van der Waals surface area contributed by atoms with E-state index in [9.17, 15) is 4.79 Å². The molecule has 0 aliphatic rings. The zero-order valence-corrected chi connectivity index (χ0v) is 11.4. The van der Waals surface area contributed by atoms with Gasteiger partial charge in [0.05, 0.1) is 17.1 Å². The molecule has 1 N–H and O–H groups in total. The third kappa shape index (κ3) is 2.85. The average Bonchev–Trinajstić information content (AvgIpc) is 2.55. The van der Waals surface area contributed by atoms with Gasteiger partial charge in [0.1, 0.15) is 6.10 Å². The Labute approximate surface area is 102 Å². The fourth-order valence-corrected chi connectivity index (χ4v) is 1.68. The predicted molar refractivity (Wildman–Crippen MR) is 67.2 cm³/mol. The van der Waals surface area contributed by atoms with E-state index < -0.39 is 6.10 Å². The molecule has 1 unspecified atom stereocenters. The predicted octanol–water partition coefficient (Wildman–Crippen LogP) is 2.05. The van der Waals surface area contributed by atoms with Gasteiger partial charge in [-0.3, -0.25) is 9.48 Å². The molecule has 0 saturated heterocycles. The van der Waals surface area contributed by atoms with Crippen molar-refractivity contribution in [1.82, 2.24) is 9.78 Å². The Morgan fingerprint density at radius 3 is 2.35 bits per heavy atom. The number of carbonyl (C=O) groups is 1. The van der Waals surface area contributed by atoms with Crippen molar-refractivity contribution in [3.05, 3.63) is 11.4 Å². The summed E-state index contributed by atoms with van der Waals surface area (Å²) in [5.41, 5.74) is 2.58. The quantitative estimate of drug-likeness (QED) is 0.875. The van der Waals surface area contributed by atoms with Crippen LogP contribution in [0.3, 0.4) is 0 Å². The summed E-state index contributed by atoms with van der Waals surface area (Å²) in [7, 11) is 1.52. The fraction of sp³-hybridized carbons (Fsp3) is 0.667. The van der Waals surface area contributed by atoms with Crippen LogP contribution in [0, 0.1) is 13.8 Å². The zero-order chi connectivity index (χ0) is 13.2. The van der Waals surface area contributed by atoms with Crippen LogP contribution in [0.15, 0.2) is 0 Å². The van der Waals surface area contributed by atoms with E-state index in [-0.39, 0.29) is 11.9 Å². The highest BCUT2D eigenvalue weighted by Gasteiger charge is 2.18. The summed E-state index contributed by atoms with van der Waals surface area (Å²) in [4.78, 5) is 11.8. The zero-order valence-electron chi connectivity index (χ0n) is 11.4. The highest BCUT2D eigenvalue weighted by Crippen LogP contribution is 2.22. The normalized spacial score (nSPS) is 12.9. The molecule has 96 valence electrons. The Morgan fingerprint density at radius 2 is 1.94 bits per heavy atom. The van der Waals surface area contributed by atoms with Gasteiger partial charge in [-0.1, -0.05) is 0 Å². The van der Waals surface area contributed by atoms with Crippen LogP contribution >= 0.6 is 0 Å². The van der Waals surface area contributed by atoms with Crippen molar-refractivity contribution in [2.24, 2.45) is 0 Å². The number of carbonyl (C=O) groups excluding carboxylic acids is 1. The van der Waals surface area contributed by atoms with Crippen LogP contribution in [-0.4, -0.2) is 28.9 Å². The lowest BCUT2D eigenvalue weighted by Crippen LogP contribution is -2.27. The van der Waals surface area contributed by atoms with Crippen molar-refractivity contribution in [2.75, 3.05) is 12.4 Å². The van der Waals surface area contributed by atoms with Gasteiger partial charge in [-0.15, -0.1) is 0 Å². The maximum absolute atomic E-state index is 11.8. The van der Waals surface area contributed by atoms with E-state index in [1.54, 1.807) is 6.92 Å². The summed E-state index contributed by atoms with van der Waals surface area (Å²) < 4.78 is 6.88. The highest BCUT2D eigenvalue weighted by molar-refractivity contribution is 5.94. The topological polar surface area (TPSA) is 56.1 Å². The standard InChI is InChI=1S/C12H21N3O2/c1-7(2)15-9(4)11(8(3)14-15)13-12(16)10(5)17-6/h7,10H,1-6H3,(H,13,16). The molecule has 0 saturated carbocycles. The number of aromatic nitrogens is 2. The lowest BCUT2D eigenvalue weighted by Gasteiger charge is -2.12. The number of anilines is 1. The molecule has 0 aliphatic heterocycles. The third-order valence-corrected chi connectivity index (χ3v) is 2.79. The molecule has 0 fully saturated rings. The summed E-state index contributed by atoms with van der Waals surface area (Å²) >= 11 is 0. The van der Waals surface area contributed by atoms with Crippen molar-refractivity contribution >= 4 is 11.6 Å². The van der Waals surface area contributed by atoms with Crippen molar-refractivity contribution < 1.29 is 9.53 Å². The summed E-state index contributed by atoms with van der Waals surface area (Å²) in [6, 6.07) is 0.277. The van der Waals surface area contributed by atoms with Crippen LogP contribution < -0.4 is 5.32 Å². The molecular formula is C12H21N3O2. The smallest absolute Gasteiger partial charge is 0.253 e. The molecule has 5 heteroatoms. The highest BCUT2D eigenvalue weighted by atomic mass is 16.5. The molecule has 0 radical (unpaired) electrons. The molecule has 1 atom stereocenters. The summed E-state index contributed by atoms with van der Waals surface area (Å²) in [5, 5.41) is 7.27. The van der Waals surface area contributed by atoms with Gasteiger partial charge in [0.25, 0.3) is 5.91 Å². The van der Waals surface area contributed by atoms with Crippen LogP contribution in [0.2, 0.25) is 0 Å². The van der Waals surface area contributed by atoms with Crippen LogP contribution in [-0.2, 0) is 9.53 Å². The number of hydrogen-bond acceptors (Lipinski definition) is 3. The molecule has 5 nitrogen and oxygen atoms in total. The second-order valence-corrected chi connectivity index (χ2v) is 4.45. The van der Waals surface area contributed by atoms with Gasteiger partial charge in [0.15, 0.2) is 0 Å². The molecule has 1 heterocycles. The van der Waals surface area contributed by atoms with Crippen LogP contribution in [0.25, 0.3) is 0 Å². The van der Waals surface area contributed by atoms with Gasteiger partial charge < -0.3 is 10.1 Å². The second kappa shape index (κ2) is 5.31. The molecule has 0 aliphatic carbocycles. The van der Waals surface area contributed by atoms with E-state index >= 15 is 0 Å². The first-order chi connectivity index (χ1) is 7.88. The van der Waals surface area contributed by atoms with E-state index in [1.807, 2.05) is 18.5 Å². The van der Waals surface area contributed by atoms with Crippen molar-refractivity contribution in [1.29, 1.82) is 0 Å². The van der Waals surface area contributed by atoms with Crippen LogP contribution in [0.4, 0.5) is 5.69 Å². The number of nitrogens with one attached hydrogen (secondary N) is 1. The van der Waals surface area contributed by atoms with E-state index in [2.05, 4.69) is 24.3 Å². The molecular weight excluding hydrogens is 218 g/mol. The van der Waals surface area contributed by atoms with Gasteiger partial charge in [-0.2, -0.15) is 5.10 Å². The molecule has 1 aromatic rings. The number of methoxy groups -OCH3 is 1. The van der Waals surface area contributed by atoms with Gasteiger partial charge in [-0.05, 0) is 34.6 Å². The van der Waals surface area contributed by atoms with Crippen molar-refractivity contribution in [3.8, 4) is 0 Å². The van der Waals surface area contributed by atoms with Gasteiger partial charge in [0.2, 0.25) is 0 Å². The van der Waals surface area contributed by atoms with E-state index in [0.717, 1.165) is 17.1 Å². The minimum Gasteiger partial charge on any atom is -0.372 e. The van der Waals surface area contributed by atoms with Crippen LogP contribution in [0.5, 0.6) is 0 Å². The number of amides is 1. The largest absolute Gasteiger partial charge is 0.372 e. The number of ether oxygens (including phenoxy) is 1. The summed E-state index contributed by atoms with van der Waals surface area (Å²) in [5.74, 6) is -0.151. The number of aryl methyl sites for hydroxylation is 1. The minimum absolute atomic E-state index is 0.151. The first-order valence-electron chi connectivity index (χ1n) is 5.77. The Balaban J connectivity index is 2.96. The molecule has 0 aromatic carbocycles. The molecule has 17 heavy (non-hydrogen) atoms.